The van der Waals surface area contributed by atoms with Crippen LogP contribution in [0.1, 0.15) is 43.1 Å². The summed E-state index contributed by atoms with van der Waals surface area (Å²) >= 11 is 0. The molecule has 0 saturated heterocycles. The number of nitrogens with one attached hydrogen (secondary N) is 1. The molecule has 3 aromatic rings. The molecule has 3 rings (SSSR count). The SMILES string of the molecule is CCC(=O)NCc1nc2ccccc2n1CCCCOc1ccc(C)c(C)c1. The molecule has 0 spiro atoms. The second-order valence-electron chi connectivity index (χ2n) is 7.10. The number of para-hydroxylation sites is 2. The number of aromatic nitrogens is 2. The van der Waals surface area contributed by atoms with Gasteiger partial charge in [-0.25, -0.2) is 4.98 Å². The van der Waals surface area contributed by atoms with Crippen molar-refractivity contribution in [3.8, 4) is 5.75 Å². The summed E-state index contributed by atoms with van der Waals surface area (Å²) in [5.74, 6) is 1.87. The van der Waals surface area contributed by atoms with Crippen molar-refractivity contribution >= 4 is 16.9 Å². The number of aryl methyl sites for hydroxylation is 3. The number of unbranched alkanes of at least 4 members (excludes halogenated alkanes) is 1. The monoisotopic (exact) mass is 379 g/mol. The number of hydrogen-bond acceptors (Lipinski definition) is 3. The lowest BCUT2D eigenvalue weighted by atomic mass is 10.1. The molecule has 5 heteroatoms. The van der Waals surface area contributed by atoms with Crippen LogP contribution < -0.4 is 10.1 Å². The molecule has 0 unspecified atom stereocenters. The van der Waals surface area contributed by atoms with Crippen LogP contribution in [0.2, 0.25) is 0 Å². The van der Waals surface area contributed by atoms with Gasteiger partial charge in [-0.3, -0.25) is 4.79 Å². The van der Waals surface area contributed by atoms with Crippen LogP contribution in [0.15, 0.2) is 42.5 Å². The smallest absolute Gasteiger partial charge is 0.220 e. The highest BCUT2D eigenvalue weighted by atomic mass is 16.5. The largest absolute Gasteiger partial charge is 0.494 e. The minimum Gasteiger partial charge on any atom is -0.494 e. The normalized spacial score (nSPS) is 11.0. The molecule has 0 aliphatic carbocycles. The molecule has 0 fully saturated rings. The molecular weight excluding hydrogens is 350 g/mol. The summed E-state index contributed by atoms with van der Waals surface area (Å²) in [5, 5.41) is 2.94. The molecule has 148 valence electrons. The molecule has 0 atom stereocenters. The third kappa shape index (κ3) is 4.91. The van der Waals surface area contributed by atoms with Crippen molar-refractivity contribution in [2.45, 2.75) is 53.1 Å². The third-order valence-electron chi connectivity index (χ3n) is 5.02. The number of carbonyl (C=O) groups is 1. The minimum atomic E-state index is 0.0420. The van der Waals surface area contributed by atoms with E-state index in [4.69, 9.17) is 9.72 Å². The number of amides is 1. The van der Waals surface area contributed by atoms with Crippen LogP contribution in [-0.2, 0) is 17.9 Å². The van der Waals surface area contributed by atoms with Gasteiger partial charge in [-0.1, -0.05) is 25.1 Å². The van der Waals surface area contributed by atoms with E-state index in [1.54, 1.807) is 0 Å². The van der Waals surface area contributed by atoms with Gasteiger partial charge in [-0.05, 0) is 62.1 Å². The Hall–Kier alpha value is -2.82. The maximum atomic E-state index is 11.6. The van der Waals surface area contributed by atoms with E-state index in [1.807, 2.05) is 31.2 Å². The fourth-order valence-electron chi connectivity index (χ4n) is 3.18. The number of nitrogens with zero attached hydrogens (tertiary/aromatic N) is 2. The summed E-state index contributed by atoms with van der Waals surface area (Å²) in [6, 6.07) is 14.3. The number of benzene rings is 2. The first-order chi connectivity index (χ1) is 13.6. The second-order valence-corrected chi connectivity index (χ2v) is 7.10. The maximum Gasteiger partial charge on any atom is 0.220 e. The average molecular weight is 380 g/mol. The van der Waals surface area contributed by atoms with Crippen molar-refractivity contribution in [3.63, 3.8) is 0 Å². The van der Waals surface area contributed by atoms with Crippen molar-refractivity contribution in [2.24, 2.45) is 0 Å². The Morgan fingerprint density at radius 3 is 2.71 bits per heavy atom. The van der Waals surface area contributed by atoms with Gasteiger partial charge in [0, 0.05) is 13.0 Å². The molecule has 1 amide bonds. The standard InChI is InChI=1S/C23H29N3O2/c1-4-23(27)24-16-22-25-20-9-5-6-10-21(20)26(22)13-7-8-14-28-19-12-11-17(2)18(3)15-19/h5-6,9-12,15H,4,7-8,13-14,16H2,1-3H3,(H,24,27). The lowest BCUT2D eigenvalue weighted by Gasteiger charge is -2.11. The number of hydrogen-bond donors (Lipinski definition) is 1. The summed E-state index contributed by atoms with van der Waals surface area (Å²) in [6.07, 6.45) is 2.43. The lowest BCUT2D eigenvalue weighted by molar-refractivity contribution is -0.120. The molecule has 5 nitrogen and oxygen atoms in total. The van der Waals surface area contributed by atoms with Crippen LogP contribution in [0, 0.1) is 13.8 Å². The van der Waals surface area contributed by atoms with Gasteiger partial charge >= 0.3 is 0 Å². The summed E-state index contributed by atoms with van der Waals surface area (Å²) < 4.78 is 8.10. The van der Waals surface area contributed by atoms with E-state index in [2.05, 4.69) is 41.9 Å². The van der Waals surface area contributed by atoms with Crippen LogP contribution >= 0.6 is 0 Å². The van der Waals surface area contributed by atoms with E-state index >= 15 is 0 Å². The van der Waals surface area contributed by atoms with Gasteiger partial charge < -0.3 is 14.6 Å². The zero-order valence-electron chi connectivity index (χ0n) is 17.0. The van der Waals surface area contributed by atoms with Gasteiger partial charge in [0.25, 0.3) is 0 Å². The quantitative estimate of drug-likeness (QED) is 0.555. The third-order valence-corrected chi connectivity index (χ3v) is 5.02. The highest BCUT2D eigenvalue weighted by Crippen LogP contribution is 2.18. The lowest BCUT2D eigenvalue weighted by Crippen LogP contribution is -2.23. The predicted molar refractivity (Wildman–Crippen MR) is 113 cm³/mol. The van der Waals surface area contributed by atoms with E-state index in [1.165, 1.54) is 11.1 Å². The zero-order chi connectivity index (χ0) is 19.9. The molecule has 0 bridgehead atoms. The second kappa shape index (κ2) is 9.40. The molecule has 0 aliphatic rings. The summed E-state index contributed by atoms with van der Waals surface area (Å²) in [7, 11) is 0. The number of fused-ring (bicyclic) bond motifs is 1. The molecule has 0 radical (unpaired) electrons. The van der Waals surface area contributed by atoms with Gasteiger partial charge in [-0.15, -0.1) is 0 Å². The molecule has 1 aromatic heterocycles. The molecular formula is C23H29N3O2. The van der Waals surface area contributed by atoms with Crippen LogP contribution in [0.4, 0.5) is 0 Å². The van der Waals surface area contributed by atoms with Gasteiger partial charge in [0.05, 0.1) is 24.2 Å². The van der Waals surface area contributed by atoms with Gasteiger partial charge in [0.15, 0.2) is 0 Å². The zero-order valence-corrected chi connectivity index (χ0v) is 17.0. The van der Waals surface area contributed by atoms with Gasteiger partial charge in [0.1, 0.15) is 11.6 Å². The van der Waals surface area contributed by atoms with Crippen LogP contribution in [0.3, 0.4) is 0 Å². The van der Waals surface area contributed by atoms with Gasteiger partial charge in [-0.2, -0.15) is 0 Å². The summed E-state index contributed by atoms with van der Waals surface area (Å²) in [5.41, 5.74) is 4.61. The van der Waals surface area contributed by atoms with E-state index in [0.29, 0.717) is 19.6 Å². The molecule has 0 aliphatic heterocycles. The van der Waals surface area contributed by atoms with Crippen LogP contribution in [0.5, 0.6) is 5.75 Å². The Labute approximate surface area is 166 Å². The van der Waals surface area contributed by atoms with Crippen molar-refractivity contribution < 1.29 is 9.53 Å². The fourth-order valence-corrected chi connectivity index (χ4v) is 3.18. The van der Waals surface area contributed by atoms with E-state index < -0.39 is 0 Å². The van der Waals surface area contributed by atoms with Crippen LogP contribution in [-0.4, -0.2) is 22.1 Å². The van der Waals surface area contributed by atoms with E-state index in [-0.39, 0.29) is 5.91 Å². The molecule has 1 N–H and O–H groups in total. The first kappa shape index (κ1) is 19.9. The van der Waals surface area contributed by atoms with Crippen molar-refractivity contribution in [3.05, 3.63) is 59.4 Å². The average Bonchev–Trinajstić information content (AvgIpc) is 3.06. The first-order valence-corrected chi connectivity index (χ1v) is 9.99. The van der Waals surface area contributed by atoms with Gasteiger partial charge in [0.2, 0.25) is 5.91 Å². The number of ether oxygens (including phenoxy) is 1. The highest BCUT2D eigenvalue weighted by molar-refractivity contribution is 5.77. The van der Waals surface area contributed by atoms with E-state index in [9.17, 15) is 4.79 Å². The fraction of sp³-hybridized carbons (Fsp3) is 0.391. The summed E-state index contributed by atoms with van der Waals surface area (Å²) in [4.78, 5) is 16.3. The Bertz CT molecular complexity index is 946. The van der Waals surface area contributed by atoms with Crippen molar-refractivity contribution in [1.82, 2.24) is 14.9 Å². The highest BCUT2D eigenvalue weighted by Gasteiger charge is 2.11. The minimum absolute atomic E-state index is 0.0420. The van der Waals surface area contributed by atoms with E-state index in [0.717, 1.165) is 42.0 Å². The molecule has 0 saturated carbocycles. The molecule has 2 aromatic carbocycles. The number of rotatable bonds is 9. The van der Waals surface area contributed by atoms with Crippen LogP contribution in [0.25, 0.3) is 11.0 Å². The Kier molecular flexibility index (Phi) is 6.69. The first-order valence-electron chi connectivity index (χ1n) is 9.99. The van der Waals surface area contributed by atoms with Crippen molar-refractivity contribution in [2.75, 3.05) is 6.61 Å². The Morgan fingerprint density at radius 1 is 1.11 bits per heavy atom. The number of imidazole rings is 1. The molecule has 28 heavy (non-hydrogen) atoms. The maximum absolute atomic E-state index is 11.6. The Balaban J connectivity index is 1.58. The topological polar surface area (TPSA) is 56.2 Å². The Morgan fingerprint density at radius 2 is 1.93 bits per heavy atom. The summed E-state index contributed by atoms with van der Waals surface area (Å²) in [6.45, 7) is 8.07. The number of carbonyl (C=O) groups excluding carboxylic acids is 1. The predicted octanol–water partition coefficient (Wildman–Crippen LogP) is 4.54. The molecule has 1 heterocycles. The van der Waals surface area contributed by atoms with Crippen molar-refractivity contribution in [1.29, 1.82) is 0 Å².